The monoisotopic (exact) mass is 1300 g/mol. The molecule has 4 saturated heterocycles. The molecule has 3 N–H and O–H groups in total. The first-order chi connectivity index (χ1) is 44.4. The molecular weight excluding hydrogens is 1230 g/mol. The summed E-state index contributed by atoms with van der Waals surface area (Å²) in [6, 6.07) is 28.3. The number of carbonyl (C=O) groups excluding carboxylic acids is 10. The fourth-order valence-corrected chi connectivity index (χ4v) is 10.7. The zero-order chi connectivity index (χ0) is 67.2. The minimum atomic E-state index is -2.23. The van der Waals surface area contributed by atoms with Crippen molar-refractivity contribution in [3.63, 3.8) is 0 Å². The number of rotatable bonds is 22. The molecule has 0 radical (unpaired) electrons. The smallest absolute Gasteiger partial charge is 0.338 e. The Labute approximate surface area is 532 Å². The fraction of sp³-hybridized carbons (Fsp3) is 0.469. The number of aliphatic hydroxyl groups is 2. The second-order valence-electron chi connectivity index (χ2n) is 21.8. The van der Waals surface area contributed by atoms with Crippen LogP contribution in [0.4, 0.5) is 0 Å². The Balaban J connectivity index is 1.28. The number of amides is 1. The molecule has 500 valence electrons. The number of benzene rings is 4. The summed E-state index contributed by atoms with van der Waals surface area (Å²) >= 11 is 0. The van der Waals surface area contributed by atoms with Gasteiger partial charge in [-0.1, -0.05) is 72.8 Å². The summed E-state index contributed by atoms with van der Waals surface area (Å²) in [5.74, 6) is -9.80. The first-order valence-electron chi connectivity index (χ1n) is 29.4. The Morgan fingerprint density at radius 2 is 0.720 bits per heavy atom. The molecule has 4 aromatic rings. The Morgan fingerprint density at radius 1 is 0.366 bits per heavy atom. The van der Waals surface area contributed by atoms with Crippen molar-refractivity contribution in [1.82, 2.24) is 5.32 Å². The third kappa shape index (κ3) is 18.3. The summed E-state index contributed by atoms with van der Waals surface area (Å²) in [5, 5.41) is 26.7. The highest BCUT2D eigenvalue weighted by atomic mass is 16.8. The first-order valence-corrected chi connectivity index (χ1v) is 29.4. The molecule has 8 rings (SSSR count). The van der Waals surface area contributed by atoms with E-state index in [2.05, 4.69) is 5.32 Å². The van der Waals surface area contributed by atoms with Crippen LogP contribution in [0.3, 0.4) is 0 Å². The number of nitrogens with one attached hydrogen (secondary N) is 1. The molecule has 29 heteroatoms. The molecule has 0 bridgehead atoms. The number of carbonyl (C=O) groups is 10. The molecule has 0 saturated carbocycles. The van der Waals surface area contributed by atoms with Crippen LogP contribution < -0.4 is 5.32 Å². The van der Waals surface area contributed by atoms with E-state index in [1.54, 1.807) is 48.5 Å². The summed E-state index contributed by atoms with van der Waals surface area (Å²) in [6.45, 7) is 7.19. The lowest BCUT2D eigenvalue weighted by molar-refractivity contribution is -0.385. The highest BCUT2D eigenvalue weighted by Gasteiger charge is 2.60. The average molecular weight is 1300 g/mol. The van der Waals surface area contributed by atoms with Crippen molar-refractivity contribution in [2.24, 2.45) is 0 Å². The van der Waals surface area contributed by atoms with Crippen LogP contribution in [-0.4, -0.2) is 206 Å². The van der Waals surface area contributed by atoms with Gasteiger partial charge >= 0.3 is 53.7 Å². The number of aliphatic hydroxyl groups excluding tert-OH is 2. The minimum absolute atomic E-state index is 0.0158. The average Bonchev–Trinajstić information content (AvgIpc) is 0.783. The molecular formula is C64H71NO28. The van der Waals surface area contributed by atoms with E-state index in [-0.39, 0.29) is 22.3 Å². The van der Waals surface area contributed by atoms with Crippen molar-refractivity contribution in [3.8, 4) is 0 Å². The van der Waals surface area contributed by atoms with Crippen molar-refractivity contribution >= 4 is 59.6 Å². The van der Waals surface area contributed by atoms with E-state index in [0.29, 0.717) is 0 Å². The number of ether oxygens (including phenoxy) is 16. The molecule has 93 heavy (non-hydrogen) atoms. The number of hydrogen-bond acceptors (Lipinski definition) is 28. The first kappa shape index (κ1) is 70.1. The van der Waals surface area contributed by atoms with Crippen LogP contribution in [0, 0.1) is 0 Å². The summed E-state index contributed by atoms with van der Waals surface area (Å²) in [6.07, 6.45) is -35.6. The van der Waals surface area contributed by atoms with Gasteiger partial charge in [0, 0.05) is 41.5 Å². The molecule has 4 aliphatic rings. The van der Waals surface area contributed by atoms with Crippen molar-refractivity contribution in [1.29, 1.82) is 0 Å². The molecule has 0 unspecified atom stereocenters. The topological polar surface area (TPSA) is 371 Å². The van der Waals surface area contributed by atoms with Crippen LogP contribution >= 0.6 is 0 Å². The summed E-state index contributed by atoms with van der Waals surface area (Å²) in [5.41, 5.74) is 0.0344. The largest absolute Gasteiger partial charge is 0.463 e. The van der Waals surface area contributed by atoms with Gasteiger partial charge in [0.05, 0.1) is 34.5 Å². The van der Waals surface area contributed by atoms with E-state index in [1.807, 2.05) is 0 Å². The van der Waals surface area contributed by atoms with E-state index < -0.39 is 196 Å². The molecule has 20 atom stereocenters. The molecule has 0 aromatic heterocycles. The van der Waals surface area contributed by atoms with Crippen LogP contribution in [0.25, 0.3) is 0 Å². The summed E-state index contributed by atoms with van der Waals surface area (Å²) in [7, 11) is 0. The highest BCUT2D eigenvalue weighted by Crippen LogP contribution is 2.39. The maximum absolute atomic E-state index is 14.1. The highest BCUT2D eigenvalue weighted by molar-refractivity contribution is 5.91. The molecule has 1 amide bonds. The van der Waals surface area contributed by atoms with E-state index in [4.69, 9.17) is 75.8 Å². The Morgan fingerprint density at radius 3 is 1.15 bits per heavy atom. The zero-order valence-electron chi connectivity index (χ0n) is 51.5. The molecule has 0 aliphatic carbocycles. The van der Waals surface area contributed by atoms with Gasteiger partial charge in [-0.15, -0.1) is 0 Å². The van der Waals surface area contributed by atoms with Crippen molar-refractivity contribution in [2.45, 2.75) is 178 Å². The lowest BCUT2D eigenvalue weighted by Gasteiger charge is -2.51. The third-order valence-corrected chi connectivity index (χ3v) is 14.8. The van der Waals surface area contributed by atoms with Gasteiger partial charge in [-0.2, -0.15) is 0 Å². The second-order valence-corrected chi connectivity index (χ2v) is 21.8. The zero-order valence-corrected chi connectivity index (χ0v) is 51.5. The van der Waals surface area contributed by atoms with Gasteiger partial charge in [0.15, 0.2) is 74.0 Å². The van der Waals surface area contributed by atoms with Gasteiger partial charge in [-0.25, -0.2) is 19.2 Å². The summed E-state index contributed by atoms with van der Waals surface area (Å²) in [4.78, 5) is 135. The maximum Gasteiger partial charge on any atom is 0.338 e. The molecule has 4 aliphatic heterocycles. The Kier molecular flexibility index (Phi) is 24.3. The van der Waals surface area contributed by atoms with E-state index >= 15 is 0 Å². The molecule has 4 heterocycles. The quantitative estimate of drug-likeness (QED) is 0.0752. The summed E-state index contributed by atoms with van der Waals surface area (Å²) < 4.78 is 97.8. The van der Waals surface area contributed by atoms with Crippen molar-refractivity contribution < 1.29 is 134 Å². The normalized spacial score (nSPS) is 30.7. The number of hydrogen-bond donors (Lipinski definition) is 3. The van der Waals surface area contributed by atoms with Gasteiger partial charge < -0.3 is 91.3 Å². The van der Waals surface area contributed by atoms with E-state index in [1.165, 1.54) is 86.6 Å². The molecule has 0 spiro atoms. The SMILES string of the molecule is CC(=O)N[C@H]1[C@@H](O[C@@H]2[C@@H](OC(=O)c3ccccc3)[C@H](C)O[C@@H](O)[C@@H]2OC(=O)c2ccccc2)O[C@H](COC(C)=O)[C@@H](OC(C)=O)[C@@H]1O[C@H]1O[C@H](COC(C)=O)[C@H](OC(C)=O)[C@H](OC(C)=O)[C@H]1O[C@@H]1O[C@@H](C)[C@H](OC(=O)c2ccccc2)[C@@H](O)[C@H]1OC(=O)c1ccccc1. The van der Waals surface area contributed by atoms with Crippen LogP contribution in [-0.2, 0) is 105 Å². The second kappa shape index (κ2) is 32.2. The van der Waals surface area contributed by atoms with Gasteiger partial charge in [-0.05, 0) is 62.4 Å². The van der Waals surface area contributed by atoms with Crippen LogP contribution in [0.1, 0.15) is 96.8 Å². The predicted molar refractivity (Wildman–Crippen MR) is 309 cm³/mol. The van der Waals surface area contributed by atoms with E-state index in [9.17, 15) is 58.2 Å². The molecule has 4 aromatic carbocycles. The fourth-order valence-electron chi connectivity index (χ4n) is 10.7. The third-order valence-electron chi connectivity index (χ3n) is 14.8. The van der Waals surface area contributed by atoms with Crippen LogP contribution in [0.15, 0.2) is 121 Å². The molecule has 29 nitrogen and oxygen atoms in total. The Hall–Kier alpha value is -8.78. The van der Waals surface area contributed by atoms with Crippen molar-refractivity contribution in [2.75, 3.05) is 13.2 Å². The van der Waals surface area contributed by atoms with Crippen LogP contribution in [0.5, 0.6) is 0 Å². The standard InChI is InChI=1S/C64H71NO28/c1-31-47(87-57(73)39-21-13-9-14-22-39)46(72)52(89-59(75)41-25-17-11-18-26-41)63(81-31)93-56-54(84-38(8)71)50(83-37(7)70)44(30-79-35(5)68)86-64(56)91-51-45(65-33(3)66)62(85-43(29-78-34(4)67)49(51)82-36(6)69)92-53-48(88-58(74)40-23-15-10-16-24-40)32(2)80-61(77)55(53)90-60(76)42-27-19-12-20-28-42/h9-28,31-32,43-56,61-64,72,77H,29-30H2,1-8H3,(H,65,66)/t31-,32-,43+,44+,45+,46+,47-,48-,49+,50-,51+,52+,53+,54-,55+,56+,61+,62+,63-,64+/m0/s1. The number of esters is 9. The molecule has 4 fully saturated rings. The van der Waals surface area contributed by atoms with Crippen LogP contribution in [0.2, 0.25) is 0 Å². The van der Waals surface area contributed by atoms with Gasteiger partial charge in [-0.3, -0.25) is 28.8 Å². The van der Waals surface area contributed by atoms with Gasteiger partial charge in [0.2, 0.25) is 5.91 Å². The minimum Gasteiger partial charge on any atom is -0.463 e. The van der Waals surface area contributed by atoms with Gasteiger partial charge in [0.25, 0.3) is 0 Å². The lowest BCUT2D eigenvalue weighted by Crippen LogP contribution is -2.71. The maximum atomic E-state index is 14.1. The lowest BCUT2D eigenvalue weighted by atomic mass is 9.93. The predicted octanol–water partition coefficient (Wildman–Crippen LogP) is 2.76. The van der Waals surface area contributed by atoms with Crippen molar-refractivity contribution in [3.05, 3.63) is 144 Å². The Bertz CT molecular complexity index is 3180. The van der Waals surface area contributed by atoms with Gasteiger partial charge in [0.1, 0.15) is 49.8 Å². The van der Waals surface area contributed by atoms with E-state index in [0.717, 1.165) is 41.5 Å².